The number of non-ortho nitro benzene ring substituents is 1. The Balaban J connectivity index is 1.53. The van der Waals surface area contributed by atoms with Gasteiger partial charge >= 0.3 is 0 Å². The molecular formula is C17H14N4O5S. The maximum atomic E-state index is 10.9. The molecule has 10 heteroatoms. The van der Waals surface area contributed by atoms with Crippen molar-refractivity contribution >= 4 is 23.6 Å². The van der Waals surface area contributed by atoms with E-state index in [2.05, 4.69) is 10.4 Å². The van der Waals surface area contributed by atoms with E-state index in [4.69, 9.17) is 26.1 Å². The smallest absolute Gasteiger partial charge is 0.289 e. The predicted octanol–water partition coefficient (Wildman–Crippen LogP) is 3.62. The number of aromatic nitrogens is 2. The summed E-state index contributed by atoms with van der Waals surface area (Å²) in [5.74, 6) is 1.65. The molecule has 0 spiro atoms. The van der Waals surface area contributed by atoms with E-state index in [0.29, 0.717) is 41.9 Å². The molecule has 2 aromatic carbocycles. The molecule has 9 nitrogen and oxygen atoms in total. The van der Waals surface area contributed by atoms with Gasteiger partial charge in [-0.2, -0.15) is 0 Å². The van der Waals surface area contributed by atoms with Gasteiger partial charge in [0.15, 0.2) is 11.5 Å². The summed E-state index contributed by atoms with van der Waals surface area (Å²) in [7, 11) is 0. The minimum Gasteiger partial charge on any atom is -0.486 e. The minimum absolute atomic E-state index is 0.000664. The van der Waals surface area contributed by atoms with Gasteiger partial charge in [0.25, 0.3) is 10.5 Å². The van der Waals surface area contributed by atoms with Gasteiger partial charge < -0.3 is 19.2 Å². The van der Waals surface area contributed by atoms with Crippen LogP contribution in [-0.2, 0) is 6.67 Å². The summed E-state index contributed by atoms with van der Waals surface area (Å²) in [6.07, 6.45) is 0. The van der Waals surface area contributed by atoms with Gasteiger partial charge in [-0.05, 0) is 36.5 Å². The first-order chi connectivity index (χ1) is 13.1. The molecule has 1 aliphatic rings. The highest BCUT2D eigenvalue weighted by Gasteiger charge is 2.15. The fraction of sp³-hybridized carbons (Fsp3) is 0.176. The van der Waals surface area contributed by atoms with Crippen LogP contribution >= 0.6 is 12.2 Å². The Hall–Kier alpha value is -3.40. The molecule has 3 aromatic rings. The lowest BCUT2D eigenvalue weighted by molar-refractivity contribution is -0.384. The Morgan fingerprint density at radius 3 is 2.81 bits per heavy atom. The third-order valence-corrected chi connectivity index (χ3v) is 4.18. The number of benzene rings is 2. The second-order valence-corrected chi connectivity index (χ2v) is 6.02. The number of anilines is 1. The van der Waals surface area contributed by atoms with Crippen LogP contribution in [0.4, 0.5) is 11.4 Å². The van der Waals surface area contributed by atoms with Crippen LogP contribution < -0.4 is 14.8 Å². The SMILES string of the molecule is O=[N+]([O-])c1cccc(NCn2nc(-c3ccc4c(c3)OCCO4)oc2=S)c1. The Morgan fingerprint density at radius 1 is 1.19 bits per heavy atom. The maximum Gasteiger partial charge on any atom is 0.289 e. The number of ether oxygens (including phenoxy) is 2. The third-order valence-electron chi connectivity index (χ3n) is 3.89. The van der Waals surface area contributed by atoms with Gasteiger partial charge in [0, 0.05) is 23.4 Å². The van der Waals surface area contributed by atoms with Crippen molar-refractivity contribution in [2.24, 2.45) is 0 Å². The lowest BCUT2D eigenvalue weighted by atomic mass is 10.2. The molecule has 0 saturated heterocycles. The highest BCUT2D eigenvalue weighted by molar-refractivity contribution is 7.71. The molecule has 27 heavy (non-hydrogen) atoms. The second-order valence-electron chi connectivity index (χ2n) is 5.67. The van der Waals surface area contributed by atoms with Crippen LogP contribution in [0.25, 0.3) is 11.5 Å². The van der Waals surface area contributed by atoms with Crippen molar-refractivity contribution < 1.29 is 18.8 Å². The molecule has 138 valence electrons. The van der Waals surface area contributed by atoms with E-state index in [1.165, 1.54) is 16.8 Å². The third kappa shape index (κ3) is 3.60. The molecule has 0 fully saturated rings. The number of nitrogens with zero attached hydrogens (tertiary/aromatic N) is 3. The van der Waals surface area contributed by atoms with Crippen LogP contribution in [0.3, 0.4) is 0 Å². The van der Waals surface area contributed by atoms with Gasteiger partial charge in [-0.15, -0.1) is 5.10 Å². The van der Waals surface area contributed by atoms with Crippen LogP contribution in [0, 0.1) is 15.0 Å². The summed E-state index contributed by atoms with van der Waals surface area (Å²) in [6.45, 7) is 1.21. The van der Waals surface area contributed by atoms with Gasteiger partial charge in [-0.3, -0.25) is 10.1 Å². The summed E-state index contributed by atoms with van der Waals surface area (Å²) in [5.41, 5.74) is 1.29. The van der Waals surface area contributed by atoms with E-state index >= 15 is 0 Å². The molecule has 4 rings (SSSR count). The first kappa shape index (κ1) is 17.0. The van der Waals surface area contributed by atoms with Crippen molar-refractivity contribution in [2.75, 3.05) is 18.5 Å². The Morgan fingerprint density at radius 2 is 2.00 bits per heavy atom. The van der Waals surface area contributed by atoms with Crippen LogP contribution in [0.15, 0.2) is 46.9 Å². The first-order valence-corrected chi connectivity index (χ1v) is 8.47. The topological polar surface area (TPSA) is 105 Å². The summed E-state index contributed by atoms with van der Waals surface area (Å²) in [5, 5.41) is 18.2. The first-order valence-electron chi connectivity index (χ1n) is 8.06. The molecule has 0 aliphatic carbocycles. The number of nitro groups is 1. The molecule has 0 saturated carbocycles. The van der Waals surface area contributed by atoms with E-state index in [-0.39, 0.29) is 17.2 Å². The van der Waals surface area contributed by atoms with Crippen LogP contribution in [-0.4, -0.2) is 27.9 Å². The molecular weight excluding hydrogens is 372 g/mol. The average molecular weight is 386 g/mol. The van der Waals surface area contributed by atoms with Crippen molar-refractivity contribution in [3.63, 3.8) is 0 Å². The summed E-state index contributed by atoms with van der Waals surface area (Å²) in [4.78, 5) is 10.6. The Bertz CT molecular complexity index is 1060. The van der Waals surface area contributed by atoms with Gasteiger partial charge in [-0.25, -0.2) is 4.68 Å². The monoisotopic (exact) mass is 386 g/mol. The quantitative estimate of drug-likeness (QED) is 0.403. The van der Waals surface area contributed by atoms with Gasteiger partial charge in [0.2, 0.25) is 5.89 Å². The molecule has 1 aromatic heterocycles. The molecule has 2 heterocycles. The van der Waals surface area contributed by atoms with Crippen molar-refractivity contribution in [1.82, 2.24) is 9.78 Å². The van der Waals surface area contributed by atoms with Crippen molar-refractivity contribution in [1.29, 1.82) is 0 Å². The fourth-order valence-corrected chi connectivity index (χ4v) is 2.78. The van der Waals surface area contributed by atoms with E-state index in [0.717, 1.165) is 0 Å². The largest absolute Gasteiger partial charge is 0.486 e. The zero-order valence-corrected chi connectivity index (χ0v) is 14.8. The average Bonchev–Trinajstić information content (AvgIpc) is 3.07. The molecule has 1 aliphatic heterocycles. The Kier molecular flexibility index (Phi) is 4.47. The normalized spacial score (nSPS) is 12.6. The number of nitrogens with one attached hydrogen (secondary N) is 1. The minimum atomic E-state index is -0.451. The van der Waals surface area contributed by atoms with E-state index < -0.39 is 4.92 Å². The number of nitro benzene ring substituents is 1. The number of rotatable bonds is 5. The van der Waals surface area contributed by atoms with Crippen molar-refractivity contribution in [3.05, 3.63) is 57.4 Å². The van der Waals surface area contributed by atoms with Crippen LogP contribution in [0.5, 0.6) is 11.5 Å². The van der Waals surface area contributed by atoms with Crippen molar-refractivity contribution in [3.8, 4) is 23.0 Å². The molecule has 0 radical (unpaired) electrons. The highest BCUT2D eigenvalue weighted by atomic mass is 32.1. The molecule has 0 bridgehead atoms. The van der Waals surface area contributed by atoms with E-state index in [1.807, 2.05) is 6.07 Å². The van der Waals surface area contributed by atoms with Crippen LogP contribution in [0.2, 0.25) is 0 Å². The van der Waals surface area contributed by atoms with E-state index in [9.17, 15) is 10.1 Å². The molecule has 0 amide bonds. The number of hydrogen-bond donors (Lipinski definition) is 1. The summed E-state index contributed by atoms with van der Waals surface area (Å²) >= 11 is 5.21. The van der Waals surface area contributed by atoms with Crippen molar-refractivity contribution in [2.45, 2.75) is 6.67 Å². The predicted molar refractivity (Wildman–Crippen MR) is 98.5 cm³/mol. The molecule has 0 unspecified atom stereocenters. The lowest BCUT2D eigenvalue weighted by Gasteiger charge is -2.18. The highest BCUT2D eigenvalue weighted by Crippen LogP contribution is 2.34. The van der Waals surface area contributed by atoms with Crippen LogP contribution in [0.1, 0.15) is 0 Å². The molecule has 0 atom stereocenters. The number of hydrogen-bond acceptors (Lipinski definition) is 8. The lowest BCUT2D eigenvalue weighted by Crippen LogP contribution is -2.15. The summed E-state index contributed by atoms with van der Waals surface area (Å²) in [6, 6.07) is 11.6. The number of fused-ring (bicyclic) bond motifs is 1. The van der Waals surface area contributed by atoms with Gasteiger partial charge in [-0.1, -0.05) is 6.07 Å². The zero-order chi connectivity index (χ0) is 18.8. The van der Waals surface area contributed by atoms with E-state index in [1.54, 1.807) is 24.3 Å². The standard InChI is InChI=1S/C17H14N4O5S/c22-21(23)13-3-1-2-12(9-13)18-10-20-17(27)26-16(19-20)11-4-5-14-15(8-11)25-7-6-24-14/h1-5,8-9,18H,6-7,10H2. The maximum absolute atomic E-state index is 10.9. The molecule has 1 N–H and O–H groups in total. The Labute approximate surface area is 158 Å². The zero-order valence-electron chi connectivity index (χ0n) is 14.0. The van der Waals surface area contributed by atoms with Gasteiger partial charge in [0.05, 0.1) is 4.92 Å². The fourth-order valence-electron chi connectivity index (χ4n) is 2.59. The summed E-state index contributed by atoms with van der Waals surface area (Å²) < 4.78 is 18.1. The van der Waals surface area contributed by atoms with Gasteiger partial charge in [0.1, 0.15) is 19.9 Å². The second kappa shape index (κ2) is 7.08.